The maximum atomic E-state index is 12.6. The van der Waals surface area contributed by atoms with Crippen LogP contribution in [-0.4, -0.2) is 25.5 Å². The van der Waals surface area contributed by atoms with Gasteiger partial charge in [-0.15, -0.1) is 10.2 Å². The van der Waals surface area contributed by atoms with E-state index in [0.29, 0.717) is 27.4 Å². The number of carbonyl (C=O) groups excluding carboxylic acids is 1. The molecule has 4 rings (SSSR count). The van der Waals surface area contributed by atoms with E-state index >= 15 is 0 Å². The minimum atomic E-state index is -0.492. The predicted octanol–water partition coefficient (Wildman–Crippen LogP) is 2.72. The zero-order valence-corrected chi connectivity index (χ0v) is 14.5. The first-order chi connectivity index (χ1) is 12.6. The fourth-order valence-corrected chi connectivity index (χ4v) is 3.11. The van der Waals surface area contributed by atoms with Crippen molar-refractivity contribution in [2.75, 3.05) is 0 Å². The molecule has 8 heteroatoms. The number of carbonyl (C=O) groups is 1. The first kappa shape index (κ1) is 16.3. The van der Waals surface area contributed by atoms with Gasteiger partial charge in [-0.1, -0.05) is 23.7 Å². The Morgan fingerprint density at radius 3 is 2.92 bits per heavy atom. The number of aromatic nitrogens is 4. The van der Waals surface area contributed by atoms with Crippen LogP contribution in [-0.2, 0) is 0 Å². The van der Waals surface area contributed by atoms with Gasteiger partial charge in [-0.3, -0.25) is 14.0 Å². The summed E-state index contributed by atoms with van der Waals surface area (Å²) in [5, 5.41) is 11.8. The van der Waals surface area contributed by atoms with Gasteiger partial charge in [0, 0.05) is 17.8 Å². The minimum absolute atomic E-state index is 0.0143. The maximum absolute atomic E-state index is 12.6. The zero-order valence-electron chi connectivity index (χ0n) is 13.7. The quantitative estimate of drug-likeness (QED) is 0.582. The van der Waals surface area contributed by atoms with E-state index in [9.17, 15) is 9.59 Å². The van der Waals surface area contributed by atoms with Crippen molar-refractivity contribution in [3.63, 3.8) is 0 Å². The summed E-state index contributed by atoms with van der Waals surface area (Å²) in [5.41, 5.74) is 0.825. The lowest BCUT2D eigenvalue weighted by molar-refractivity contribution is 0.0937. The van der Waals surface area contributed by atoms with E-state index in [2.05, 4.69) is 20.5 Å². The van der Waals surface area contributed by atoms with Gasteiger partial charge in [0.1, 0.15) is 5.56 Å². The number of hydrogen-bond acceptors (Lipinski definition) is 4. The average molecular weight is 368 g/mol. The lowest BCUT2D eigenvalue weighted by atomic mass is 10.1. The maximum Gasteiger partial charge on any atom is 0.257 e. The Labute approximate surface area is 152 Å². The van der Waals surface area contributed by atoms with Crippen LogP contribution < -0.4 is 10.7 Å². The number of halogens is 1. The van der Waals surface area contributed by atoms with Crippen LogP contribution in [0.4, 0.5) is 0 Å². The third-order valence-electron chi connectivity index (χ3n) is 4.18. The normalized spacial score (nSPS) is 12.4. The van der Waals surface area contributed by atoms with Gasteiger partial charge in [0.2, 0.25) is 5.43 Å². The smallest absolute Gasteiger partial charge is 0.257 e. The summed E-state index contributed by atoms with van der Waals surface area (Å²) in [5.74, 6) is 0.0857. The number of para-hydroxylation sites is 1. The van der Waals surface area contributed by atoms with E-state index in [-0.39, 0.29) is 11.0 Å². The van der Waals surface area contributed by atoms with Crippen molar-refractivity contribution in [3.8, 4) is 0 Å². The topological polar surface area (TPSA) is 92.1 Å². The van der Waals surface area contributed by atoms with E-state index in [1.165, 1.54) is 6.20 Å². The molecule has 7 nitrogen and oxygen atoms in total. The van der Waals surface area contributed by atoms with Crippen molar-refractivity contribution in [1.82, 2.24) is 24.9 Å². The highest BCUT2D eigenvalue weighted by atomic mass is 35.5. The molecule has 0 saturated carbocycles. The van der Waals surface area contributed by atoms with Crippen LogP contribution in [0.5, 0.6) is 0 Å². The molecule has 2 N–H and O–H groups in total. The van der Waals surface area contributed by atoms with E-state index < -0.39 is 11.9 Å². The van der Waals surface area contributed by atoms with Crippen LogP contribution in [0.15, 0.2) is 53.6 Å². The largest absolute Gasteiger partial charge is 0.359 e. The first-order valence-corrected chi connectivity index (χ1v) is 8.34. The SMILES string of the molecule is C[C@@H](NC(=O)c1c[nH]c2c(Cl)cccc2c1=O)c1nnc2ccccn12. The molecule has 130 valence electrons. The third kappa shape index (κ3) is 2.62. The Kier molecular flexibility index (Phi) is 3.93. The molecule has 4 aromatic rings. The molecule has 26 heavy (non-hydrogen) atoms. The van der Waals surface area contributed by atoms with Crippen molar-refractivity contribution in [2.24, 2.45) is 0 Å². The molecule has 3 aromatic heterocycles. The van der Waals surface area contributed by atoms with Gasteiger partial charge >= 0.3 is 0 Å². The Balaban J connectivity index is 1.67. The number of nitrogens with zero attached hydrogens (tertiary/aromatic N) is 3. The van der Waals surface area contributed by atoms with Crippen molar-refractivity contribution in [3.05, 3.63) is 75.4 Å². The van der Waals surface area contributed by atoms with Gasteiger partial charge in [0.25, 0.3) is 5.91 Å². The van der Waals surface area contributed by atoms with E-state index in [1.54, 1.807) is 29.5 Å². The van der Waals surface area contributed by atoms with Gasteiger partial charge in [-0.25, -0.2) is 0 Å². The van der Waals surface area contributed by atoms with Crippen LogP contribution in [0.3, 0.4) is 0 Å². The summed E-state index contributed by atoms with van der Waals surface area (Å²) in [7, 11) is 0. The first-order valence-electron chi connectivity index (χ1n) is 7.96. The molecule has 0 spiro atoms. The molecule has 3 heterocycles. The summed E-state index contributed by atoms with van der Waals surface area (Å²) in [6.45, 7) is 1.79. The van der Waals surface area contributed by atoms with Crippen LogP contribution in [0.1, 0.15) is 29.1 Å². The summed E-state index contributed by atoms with van der Waals surface area (Å²) in [6.07, 6.45) is 3.19. The Bertz CT molecular complexity index is 1200. The summed E-state index contributed by atoms with van der Waals surface area (Å²) in [4.78, 5) is 28.2. The second-order valence-electron chi connectivity index (χ2n) is 5.88. The molecule has 1 aromatic carbocycles. The van der Waals surface area contributed by atoms with Gasteiger partial charge in [-0.2, -0.15) is 0 Å². The van der Waals surface area contributed by atoms with E-state index in [0.717, 1.165) is 0 Å². The second-order valence-corrected chi connectivity index (χ2v) is 6.28. The standard InChI is InChI=1S/C18H14ClN5O2/c1-10(17-23-22-14-7-2-3-8-24(14)17)21-18(26)12-9-20-15-11(16(12)25)5-4-6-13(15)19/h2-10H,1H3,(H,20,25)(H,21,26)/t10-/m1/s1. The van der Waals surface area contributed by atoms with Crippen LogP contribution in [0, 0.1) is 0 Å². The number of amides is 1. The summed E-state index contributed by atoms with van der Waals surface area (Å²) < 4.78 is 1.79. The number of pyridine rings is 2. The molecule has 1 atom stereocenters. The Morgan fingerprint density at radius 1 is 1.23 bits per heavy atom. The predicted molar refractivity (Wildman–Crippen MR) is 98.4 cm³/mol. The zero-order chi connectivity index (χ0) is 18.3. The molecular formula is C18H14ClN5O2. The Hall–Kier alpha value is -3.19. The molecule has 0 saturated heterocycles. The number of rotatable bonds is 3. The molecule has 0 bridgehead atoms. The highest BCUT2D eigenvalue weighted by molar-refractivity contribution is 6.35. The molecule has 1 amide bonds. The van der Waals surface area contributed by atoms with Crippen LogP contribution in [0.2, 0.25) is 5.02 Å². The summed E-state index contributed by atoms with van der Waals surface area (Å²) >= 11 is 6.08. The average Bonchev–Trinajstić information content (AvgIpc) is 3.07. The minimum Gasteiger partial charge on any atom is -0.359 e. The highest BCUT2D eigenvalue weighted by Crippen LogP contribution is 2.19. The van der Waals surface area contributed by atoms with Gasteiger partial charge in [-0.05, 0) is 31.2 Å². The van der Waals surface area contributed by atoms with Crippen molar-refractivity contribution in [2.45, 2.75) is 13.0 Å². The molecule has 0 aliphatic rings. The molecule has 0 unspecified atom stereocenters. The molecule has 0 aliphatic carbocycles. The third-order valence-corrected chi connectivity index (χ3v) is 4.50. The van der Waals surface area contributed by atoms with Gasteiger partial charge < -0.3 is 10.3 Å². The van der Waals surface area contributed by atoms with Gasteiger partial charge in [0.15, 0.2) is 11.5 Å². The molecule has 0 radical (unpaired) electrons. The van der Waals surface area contributed by atoms with Crippen molar-refractivity contribution < 1.29 is 4.79 Å². The lowest BCUT2D eigenvalue weighted by Crippen LogP contribution is -2.32. The van der Waals surface area contributed by atoms with E-state index in [1.807, 2.05) is 24.4 Å². The van der Waals surface area contributed by atoms with E-state index in [4.69, 9.17) is 11.6 Å². The second kappa shape index (κ2) is 6.27. The van der Waals surface area contributed by atoms with Crippen molar-refractivity contribution >= 4 is 34.1 Å². The number of nitrogens with one attached hydrogen (secondary N) is 2. The fourth-order valence-electron chi connectivity index (χ4n) is 2.88. The van der Waals surface area contributed by atoms with Crippen LogP contribution in [0.25, 0.3) is 16.6 Å². The van der Waals surface area contributed by atoms with Gasteiger partial charge in [0.05, 0.1) is 16.6 Å². The monoisotopic (exact) mass is 367 g/mol. The van der Waals surface area contributed by atoms with Crippen LogP contribution >= 0.6 is 11.6 Å². The number of hydrogen-bond donors (Lipinski definition) is 2. The van der Waals surface area contributed by atoms with Crippen molar-refractivity contribution in [1.29, 1.82) is 0 Å². The highest BCUT2D eigenvalue weighted by Gasteiger charge is 2.19. The molecular weight excluding hydrogens is 354 g/mol. The molecule has 0 aliphatic heterocycles. The number of benzene rings is 1. The number of fused-ring (bicyclic) bond motifs is 2. The number of aromatic amines is 1. The molecule has 0 fully saturated rings. The fraction of sp³-hybridized carbons (Fsp3) is 0.111. The lowest BCUT2D eigenvalue weighted by Gasteiger charge is -2.12. The summed E-state index contributed by atoms with van der Waals surface area (Å²) in [6, 6.07) is 10.1. The Morgan fingerprint density at radius 2 is 2.08 bits per heavy atom. The number of H-pyrrole nitrogens is 1.